The van der Waals surface area contributed by atoms with E-state index < -0.39 is 0 Å². The van der Waals surface area contributed by atoms with Crippen LogP contribution < -0.4 is 16.0 Å². The fourth-order valence-corrected chi connectivity index (χ4v) is 2.83. The highest BCUT2D eigenvalue weighted by atomic mass is 127. The molecule has 0 bridgehead atoms. The van der Waals surface area contributed by atoms with E-state index >= 15 is 0 Å². The summed E-state index contributed by atoms with van der Waals surface area (Å²) in [5.74, 6) is 0.647. The third-order valence-corrected chi connectivity index (χ3v) is 3.94. The van der Waals surface area contributed by atoms with E-state index in [1.165, 1.54) is 25.7 Å². The molecule has 3 N–H and O–H groups in total. The maximum absolute atomic E-state index is 11.8. The number of halogens is 1. The number of hydrogen-bond acceptors (Lipinski definition) is 3. The minimum Gasteiger partial charge on any atom is -0.357 e. The molecule has 0 spiro atoms. The van der Waals surface area contributed by atoms with Gasteiger partial charge in [0.15, 0.2) is 5.96 Å². The van der Waals surface area contributed by atoms with E-state index in [1.54, 1.807) is 0 Å². The van der Waals surface area contributed by atoms with Crippen LogP contribution in [0.25, 0.3) is 0 Å². The number of amides is 1. The molecule has 0 heterocycles. The minimum atomic E-state index is -0.220. The smallest absolute Gasteiger partial charge is 0.242 e. The highest BCUT2D eigenvalue weighted by Gasteiger charge is 2.19. The summed E-state index contributed by atoms with van der Waals surface area (Å²) in [4.78, 5) is 18.6. The molecule has 24 heavy (non-hydrogen) atoms. The van der Waals surface area contributed by atoms with E-state index in [0.717, 1.165) is 25.7 Å². The van der Waals surface area contributed by atoms with Crippen molar-refractivity contribution in [3.63, 3.8) is 0 Å². The zero-order valence-electron chi connectivity index (χ0n) is 15.9. The van der Waals surface area contributed by atoms with Gasteiger partial charge in [-0.05, 0) is 47.6 Å². The first kappa shape index (κ1) is 23.4. The Bertz CT molecular complexity index is 389. The summed E-state index contributed by atoms with van der Waals surface area (Å²) in [7, 11) is 2.19. The van der Waals surface area contributed by atoms with Crippen molar-refractivity contribution in [1.82, 2.24) is 20.9 Å². The van der Waals surface area contributed by atoms with Crippen LogP contribution in [0.15, 0.2) is 4.99 Å². The summed E-state index contributed by atoms with van der Waals surface area (Å²) in [6, 6.07) is 0.730. The van der Waals surface area contributed by atoms with Crippen molar-refractivity contribution in [2.24, 2.45) is 4.99 Å². The molecule has 1 fully saturated rings. The molecule has 0 radical (unpaired) electrons. The number of guanidine groups is 1. The average Bonchev–Trinajstić information content (AvgIpc) is 2.97. The standard InChI is InChI=1S/C17H35N5O.HI/c1-6-18-16(20-13-15(23)21-17(2,3)4)19-11-12-22(5)14-9-7-8-10-14;/h14H,6-13H2,1-5H3,(H,21,23)(H2,18,19,20);1H. The van der Waals surface area contributed by atoms with Crippen molar-refractivity contribution in [2.45, 2.75) is 65.0 Å². The van der Waals surface area contributed by atoms with E-state index in [9.17, 15) is 4.79 Å². The van der Waals surface area contributed by atoms with Crippen molar-refractivity contribution in [1.29, 1.82) is 0 Å². The number of carbonyl (C=O) groups is 1. The van der Waals surface area contributed by atoms with E-state index in [2.05, 4.69) is 32.9 Å². The fraction of sp³-hybridized carbons (Fsp3) is 0.882. The van der Waals surface area contributed by atoms with Crippen LogP contribution in [0.3, 0.4) is 0 Å². The maximum atomic E-state index is 11.8. The van der Waals surface area contributed by atoms with E-state index in [1.807, 2.05) is 27.7 Å². The van der Waals surface area contributed by atoms with Crippen LogP contribution in [0.2, 0.25) is 0 Å². The average molecular weight is 453 g/mol. The molecule has 1 amide bonds. The maximum Gasteiger partial charge on any atom is 0.242 e. The van der Waals surface area contributed by atoms with Crippen LogP contribution in [-0.2, 0) is 4.79 Å². The molecule has 1 aliphatic carbocycles. The number of hydrogen-bond donors (Lipinski definition) is 3. The summed E-state index contributed by atoms with van der Waals surface area (Å²) in [5.41, 5.74) is -0.220. The van der Waals surface area contributed by atoms with Gasteiger partial charge in [-0.2, -0.15) is 0 Å². The van der Waals surface area contributed by atoms with Gasteiger partial charge >= 0.3 is 0 Å². The Balaban J connectivity index is 0.00000529. The highest BCUT2D eigenvalue weighted by molar-refractivity contribution is 14.0. The third kappa shape index (κ3) is 10.3. The number of aliphatic imine (C=N–C) groups is 1. The van der Waals surface area contributed by atoms with Crippen LogP contribution in [0, 0.1) is 0 Å². The van der Waals surface area contributed by atoms with Crippen LogP contribution in [0.1, 0.15) is 53.4 Å². The topological polar surface area (TPSA) is 68.8 Å². The molecule has 142 valence electrons. The quantitative estimate of drug-likeness (QED) is 0.313. The number of nitrogens with one attached hydrogen (secondary N) is 3. The summed E-state index contributed by atoms with van der Waals surface area (Å²) in [5, 5.41) is 9.41. The lowest BCUT2D eigenvalue weighted by atomic mass is 10.1. The van der Waals surface area contributed by atoms with Gasteiger partial charge < -0.3 is 20.9 Å². The summed E-state index contributed by atoms with van der Waals surface area (Å²) in [6.45, 7) is 10.7. The van der Waals surface area contributed by atoms with Crippen LogP contribution in [-0.4, -0.2) is 61.6 Å². The Labute approximate surface area is 164 Å². The van der Waals surface area contributed by atoms with Gasteiger partial charge in [0.1, 0.15) is 6.54 Å². The third-order valence-electron chi connectivity index (χ3n) is 3.94. The summed E-state index contributed by atoms with van der Waals surface area (Å²) >= 11 is 0. The van der Waals surface area contributed by atoms with Gasteiger partial charge in [0.25, 0.3) is 0 Å². The molecule has 0 saturated heterocycles. The van der Waals surface area contributed by atoms with Crippen LogP contribution >= 0.6 is 24.0 Å². The normalized spacial score (nSPS) is 16.0. The molecular weight excluding hydrogens is 417 g/mol. The van der Waals surface area contributed by atoms with Crippen molar-refractivity contribution in [3.05, 3.63) is 0 Å². The SMILES string of the molecule is CCNC(=NCC(=O)NC(C)(C)C)NCCN(C)C1CCCC1.I. The molecule has 1 aliphatic rings. The minimum absolute atomic E-state index is 0. The Morgan fingerprint density at radius 3 is 2.38 bits per heavy atom. The molecule has 6 nitrogen and oxygen atoms in total. The lowest BCUT2D eigenvalue weighted by molar-refractivity contribution is -0.121. The van der Waals surface area contributed by atoms with Gasteiger partial charge in [-0.3, -0.25) is 4.79 Å². The first-order chi connectivity index (χ1) is 10.8. The van der Waals surface area contributed by atoms with Crippen molar-refractivity contribution >= 4 is 35.8 Å². The molecule has 0 atom stereocenters. The molecule has 1 rings (SSSR count). The summed E-state index contributed by atoms with van der Waals surface area (Å²) < 4.78 is 0. The summed E-state index contributed by atoms with van der Waals surface area (Å²) in [6.07, 6.45) is 5.35. The number of likely N-dealkylation sites (N-methyl/N-ethyl adjacent to an activating group) is 1. The Morgan fingerprint density at radius 1 is 1.21 bits per heavy atom. The highest BCUT2D eigenvalue weighted by Crippen LogP contribution is 2.21. The molecule has 0 unspecified atom stereocenters. The van der Waals surface area contributed by atoms with Crippen molar-refractivity contribution < 1.29 is 4.79 Å². The van der Waals surface area contributed by atoms with Crippen LogP contribution in [0.5, 0.6) is 0 Å². The second kappa shape index (κ2) is 11.9. The van der Waals surface area contributed by atoms with E-state index in [-0.39, 0.29) is 42.0 Å². The molecular formula is C17H36IN5O. The van der Waals surface area contributed by atoms with Gasteiger partial charge in [-0.1, -0.05) is 12.8 Å². The van der Waals surface area contributed by atoms with Gasteiger partial charge in [-0.25, -0.2) is 4.99 Å². The number of rotatable bonds is 7. The lowest BCUT2D eigenvalue weighted by Crippen LogP contribution is -2.44. The Morgan fingerprint density at radius 2 is 1.83 bits per heavy atom. The molecule has 0 aromatic rings. The Hall–Kier alpha value is -0.570. The zero-order valence-corrected chi connectivity index (χ0v) is 18.3. The first-order valence-corrected chi connectivity index (χ1v) is 8.85. The Kier molecular flexibility index (Phi) is 11.6. The molecule has 0 aromatic heterocycles. The monoisotopic (exact) mass is 453 g/mol. The number of carbonyl (C=O) groups excluding carboxylic acids is 1. The molecule has 1 saturated carbocycles. The molecule has 0 aliphatic heterocycles. The van der Waals surface area contributed by atoms with E-state index in [4.69, 9.17) is 0 Å². The zero-order chi connectivity index (χ0) is 17.3. The van der Waals surface area contributed by atoms with Gasteiger partial charge in [0.2, 0.25) is 5.91 Å². The van der Waals surface area contributed by atoms with Crippen LogP contribution in [0.4, 0.5) is 0 Å². The molecule has 0 aromatic carbocycles. The second-order valence-electron chi connectivity index (χ2n) is 7.34. The van der Waals surface area contributed by atoms with E-state index in [0.29, 0.717) is 5.96 Å². The first-order valence-electron chi connectivity index (χ1n) is 8.85. The lowest BCUT2D eigenvalue weighted by Gasteiger charge is -2.24. The van der Waals surface area contributed by atoms with Gasteiger partial charge in [-0.15, -0.1) is 24.0 Å². The van der Waals surface area contributed by atoms with Crippen molar-refractivity contribution in [2.75, 3.05) is 33.2 Å². The predicted molar refractivity (Wildman–Crippen MR) is 112 cm³/mol. The predicted octanol–water partition coefficient (Wildman–Crippen LogP) is 1.95. The largest absolute Gasteiger partial charge is 0.357 e. The van der Waals surface area contributed by atoms with Crippen molar-refractivity contribution in [3.8, 4) is 0 Å². The van der Waals surface area contributed by atoms with Gasteiger partial charge in [0.05, 0.1) is 0 Å². The molecule has 7 heteroatoms. The fourth-order valence-electron chi connectivity index (χ4n) is 2.83. The second-order valence-corrected chi connectivity index (χ2v) is 7.34. The number of nitrogens with zero attached hydrogens (tertiary/aromatic N) is 2. The van der Waals surface area contributed by atoms with Gasteiger partial charge in [0, 0.05) is 31.2 Å².